The second-order valence-corrected chi connectivity index (χ2v) is 6.68. The third-order valence-electron chi connectivity index (χ3n) is 4.42. The van der Waals surface area contributed by atoms with Gasteiger partial charge in [0.2, 0.25) is 0 Å². The van der Waals surface area contributed by atoms with Gasteiger partial charge >= 0.3 is 5.97 Å². The van der Waals surface area contributed by atoms with Gasteiger partial charge in [-0.15, -0.1) is 0 Å². The van der Waals surface area contributed by atoms with E-state index < -0.39 is 0 Å². The molecule has 4 atom stereocenters. The molecule has 0 aliphatic heterocycles. The molecule has 4 nitrogen and oxygen atoms in total. The number of carbonyl (C=O) groups is 1. The van der Waals surface area contributed by atoms with E-state index in [0.717, 1.165) is 24.7 Å². The first kappa shape index (κ1) is 18.4. The van der Waals surface area contributed by atoms with E-state index in [1.165, 1.54) is 6.42 Å². The number of nitrogens with one attached hydrogen (secondary N) is 1. The van der Waals surface area contributed by atoms with E-state index in [-0.39, 0.29) is 18.1 Å². The minimum Gasteiger partial charge on any atom is -0.465 e. The molecule has 124 valence electrons. The molecular weight excluding hydrogens is 266 g/mol. The Morgan fingerprint density at radius 3 is 2.52 bits per heavy atom. The lowest BCUT2D eigenvalue weighted by Crippen LogP contribution is -2.43. The Morgan fingerprint density at radius 1 is 1.24 bits per heavy atom. The van der Waals surface area contributed by atoms with Crippen molar-refractivity contribution in [3.8, 4) is 0 Å². The van der Waals surface area contributed by atoms with Gasteiger partial charge in [0.25, 0.3) is 0 Å². The van der Waals surface area contributed by atoms with Crippen LogP contribution in [0.4, 0.5) is 0 Å². The largest absolute Gasteiger partial charge is 0.465 e. The third kappa shape index (κ3) is 6.79. The molecule has 1 aliphatic rings. The highest BCUT2D eigenvalue weighted by Gasteiger charge is 2.26. The zero-order valence-corrected chi connectivity index (χ0v) is 14.4. The van der Waals surface area contributed by atoms with Gasteiger partial charge in [0, 0.05) is 12.6 Å². The van der Waals surface area contributed by atoms with Crippen molar-refractivity contribution in [2.24, 2.45) is 11.8 Å². The average Bonchev–Trinajstić information content (AvgIpc) is 2.41. The van der Waals surface area contributed by atoms with Crippen molar-refractivity contribution >= 4 is 5.97 Å². The summed E-state index contributed by atoms with van der Waals surface area (Å²) in [4.78, 5) is 11.9. The fourth-order valence-electron chi connectivity index (χ4n) is 2.92. The number of rotatable bonds is 8. The maximum Gasteiger partial charge on any atom is 0.323 e. The Hall–Kier alpha value is -0.610. The number of esters is 1. The van der Waals surface area contributed by atoms with E-state index in [1.807, 2.05) is 20.8 Å². The van der Waals surface area contributed by atoms with Crippen LogP contribution in [0.2, 0.25) is 0 Å². The molecule has 1 rings (SSSR count). The van der Waals surface area contributed by atoms with Gasteiger partial charge in [0.15, 0.2) is 0 Å². The number of carbonyl (C=O) groups excluding carboxylic acids is 1. The SMILES string of the molecule is CCOC(=O)C(CCOC1CCC(C)C(C)C1)NC(C)C. The lowest BCUT2D eigenvalue weighted by Gasteiger charge is -2.32. The molecule has 21 heavy (non-hydrogen) atoms. The van der Waals surface area contributed by atoms with Crippen molar-refractivity contribution in [1.29, 1.82) is 0 Å². The van der Waals surface area contributed by atoms with Gasteiger partial charge in [-0.1, -0.05) is 27.7 Å². The minimum atomic E-state index is -0.259. The highest BCUT2D eigenvalue weighted by molar-refractivity contribution is 5.75. The molecule has 4 heteroatoms. The summed E-state index contributed by atoms with van der Waals surface area (Å²) in [5.74, 6) is 1.37. The number of ether oxygens (including phenoxy) is 2. The van der Waals surface area contributed by atoms with Gasteiger partial charge in [0.05, 0.1) is 12.7 Å². The van der Waals surface area contributed by atoms with E-state index in [4.69, 9.17) is 9.47 Å². The molecule has 4 unspecified atom stereocenters. The van der Waals surface area contributed by atoms with Crippen molar-refractivity contribution < 1.29 is 14.3 Å². The van der Waals surface area contributed by atoms with Gasteiger partial charge in [-0.25, -0.2) is 0 Å². The second kappa shape index (κ2) is 9.42. The summed E-state index contributed by atoms with van der Waals surface area (Å²) in [6.07, 6.45) is 4.57. The molecule has 0 radical (unpaired) electrons. The highest BCUT2D eigenvalue weighted by atomic mass is 16.5. The van der Waals surface area contributed by atoms with Crippen molar-refractivity contribution in [1.82, 2.24) is 5.32 Å². The number of hydrogen-bond acceptors (Lipinski definition) is 4. The fraction of sp³-hybridized carbons (Fsp3) is 0.941. The van der Waals surface area contributed by atoms with Gasteiger partial charge < -0.3 is 14.8 Å². The zero-order valence-electron chi connectivity index (χ0n) is 14.4. The van der Waals surface area contributed by atoms with Gasteiger partial charge in [-0.2, -0.15) is 0 Å². The summed E-state index contributed by atoms with van der Waals surface area (Å²) in [5.41, 5.74) is 0. The summed E-state index contributed by atoms with van der Waals surface area (Å²) in [5, 5.41) is 3.26. The van der Waals surface area contributed by atoms with Crippen molar-refractivity contribution in [3.05, 3.63) is 0 Å². The molecule has 0 spiro atoms. The Kier molecular flexibility index (Phi) is 8.27. The van der Waals surface area contributed by atoms with Crippen LogP contribution in [0.25, 0.3) is 0 Å². The Labute approximate surface area is 130 Å². The maximum absolute atomic E-state index is 11.9. The molecule has 0 saturated heterocycles. The third-order valence-corrected chi connectivity index (χ3v) is 4.42. The summed E-state index contributed by atoms with van der Waals surface area (Å²) in [6, 6.07) is -0.000142. The molecule has 0 aromatic rings. The van der Waals surface area contributed by atoms with Crippen LogP contribution in [0.15, 0.2) is 0 Å². The Bertz CT molecular complexity index is 306. The molecule has 0 amide bonds. The van der Waals surface area contributed by atoms with Crippen LogP contribution in [0.1, 0.15) is 60.3 Å². The van der Waals surface area contributed by atoms with E-state index in [0.29, 0.717) is 25.7 Å². The monoisotopic (exact) mass is 299 g/mol. The first-order valence-electron chi connectivity index (χ1n) is 8.48. The van der Waals surface area contributed by atoms with Crippen LogP contribution in [0, 0.1) is 11.8 Å². The number of hydrogen-bond donors (Lipinski definition) is 1. The van der Waals surface area contributed by atoms with Crippen molar-refractivity contribution in [3.63, 3.8) is 0 Å². The standard InChI is InChI=1S/C17H33NO3/c1-6-20-17(19)16(18-12(2)3)9-10-21-15-8-7-13(4)14(5)11-15/h12-16,18H,6-11H2,1-5H3. The summed E-state index contributed by atoms with van der Waals surface area (Å²) in [6.45, 7) is 11.6. The molecule has 1 saturated carbocycles. The van der Waals surface area contributed by atoms with Gasteiger partial charge in [-0.05, 0) is 44.4 Å². The van der Waals surface area contributed by atoms with E-state index in [2.05, 4.69) is 19.2 Å². The molecule has 0 aromatic heterocycles. The molecule has 1 aliphatic carbocycles. The summed E-state index contributed by atoms with van der Waals surface area (Å²) in [7, 11) is 0. The predicted molar refractivity (Wildman–Crippen MR) is 85.2 cm³/mol. The Balaban J connectivity index is 2.34. The average molecular weight is 299 g/mol. The minimum absolute atomic E-state index is 0.166. The van der Waals surface area contributed by atoms with Crippen LogP contribution < -0.4 is 5.32 Å². The molecule has 1 N–H and O–H groups in total. The Morgan fingerprint density at radius 2 is 1.95 bits per heavy atom. The van der Waals surface area contributed by atoms with E-state index in [9.17, 15) is 4.79 Å². The van der Waals surface area contributed by atoms with Crippen LogP contribution >= 0.6 is 0 Å². The highest BCUT2D eigenvalue weighted by Crippen LogP contribution is 2.30. The van der Waals surface area contributed by atoms with Crippen LogP contribution in [0.5, 0.6) is 0 Å². The summed E-state index contributed by atoms with van der Waals surface area (Å²) >= 11 is 0. The molecule has 0 heterocycles. The van der Waals surface area contributed by atoms with Crippen molar-refractivity contribution in [2.45, 2.75) is 78.5 Å². The lowest BCUT2D eigenvalue weighted by molar-refractivity contribution is -0.146. The molecular formula is C17H33NO3. The molecule has 0 bridgehead atoms. The quantitative estimate of drug-likeness (QED) is 0.699. The fourth-order valence-corrected chi connectivity index (χ4v) is 2.92. The predicted octanol–water partition coefficient (Wildman–Crippen LogP) is 3.15. The second-order valence-electron chi connectivity index (χ2n) is 6.68. The first-order chi connectivity index (χ1) is 9.93. The summed E-state index contributed by atoms with van der Waals surface area (Å²) < 4.78 is 11.1. The van der Waals surface area contributed by atoms with Crippen LogP contribution in [-0.2, 0) is 14.3 Å². The molecule has 0 aromatic carbocycles. The van der Waals surface area contributed by atoms with Gasteiger partial charge in [0.1, 0.15) is 6.04 Å². The van der Waals surface area contributed by atoms with Crippen LogP contribution in [-0.4, -0.2) is 37.4 Å². The smallest absolute Gasteiger partial charge is 0.323 e. The van der Waals surface area contributed by atoms with Crippen LogP contribution in [0.3, 0.4) is 0 Å². The zero-order chi connectivity index (χ0) is 15.8. The van der Waals surface area contributed by atoms with E-state index in [1.54, 1.807) is 0 Å². The topological polar surface area (TPSA) is 47.6 Å². The van der Waals surface area contributed by atoms with Crippen molar-refractivity contribution in [2.75, 3.05) is 13.2 Å². The molecule has 1 fully saturated rings. The first-order valence-corrected chi connectivity index (χ1v) is 8.48. The maximum atomic E-state index is 11.9. The van der Waals surface area contributed by atoms with E-state index >= 15 is 0 Å². The van der Waals surface area contributed by atoms with Gasteiger partial charge in [-0.3, -0.25) is 4.79 Å². The normalized spacial score (nSPS) is 27.6. The lowest BCUT2D eigenvalue weighted by atomic mass is 9.80.